The van der Waals surface area contributed by atoms with Crippen molar-refractivity contribution in [2.24, 2.45) is 0 Å². The number of amides is 1. The molecule has 1 amide bonds. The molecule has 9 heteroatoms. The molecule has 0 aliphatic carbocycles. The highest BCUT2D eigenvalue weighted by Crippen LogP contribution is 2.43. The number of halogens is 1. The number of likely N-dealkylation sites (tertiary alicyclic amines) is 1. The summed E-state index contributed by atoms with van der Waals surface area (Å²) in [6.45, 7) is -0.0301. The Balaban J connectivity index is 1.92. The molecule has 1 fully saturated rings. The molecule has 1 unspecified atom stereocenters. The highest BCUT2D eigenvalue weighted by atomic mass is 35.5. The number of phenolic OH excluding ortho intramolecular Hbond substituents is 1. The number of hydrogen-bond donors (Lipinski definition) is 2. The van der Waals surface area contributed by atoms with Gasteiger partial charge in [0.15, 0.2) is 11.5 Å². The van der Waals surface area contributed by atoms with Crippen molar-refractivity contribution in [2.45, 2.75) is 12.6 Å². The average molecular weight is 470 g/mol. The van der Waals surface area contributed by atoms with E-state index in [1.54, 1.807) is 24.3 Å². The van der Waals surface area contributed by atoms with E-state index in [0.717, 1.165) is 0 Å². The SMILES string of the molecule is COc1ccc(Cl)c(/C(O)=C2\C(=O)C(=O)N(Cc3ccco3)C2c2ccc(OC)c(O)c2)c1. The van der Waals surface area contributed by atoms with Crippen molar-refractivity contribution in [3.8, 4) is 17.2 Å². The number of ketones is 1. The molecule has 1 aliphatic rings. The summed E-state index contributed by atoms with van der Waals surface area (Å²) in [6.07, 6.45) is 1.45. The van der Waals surface area contributed by atoms with Gasteiger partial charge in [-0.15, -0.1) is 0 Å². The van der Waals surface area contributed by atoms with Crippen molar-refractivity contribution in [3.05, 3.63) is 82.3 Å². The quantitative estimate of drug-likeness (QED) is 0.315. The van der Waals surface area contributed by atoms with Gasteiger partial charge in [-0.2, -0.15) is 0 Å². The third-order valence-electron chi connectivity index (χ3n) is 5.39. The molecule has 0 spiro atoms. The van der Waals surface area contributed by atoms with Gasteiger partial charge in [-0.3, -0.25) is 9.59 Å². The van der Waals surface area contributed by atoms with Crippen molar-refractivity contribution in [3.63, 3.8) is 0 Å². The second-order valence-electron chi connectivity index (χ2n) is 7.28. The van der Waals surface area contributed by atoms with E-state index in [2.05, 4.69) is 0 Å². The summed E-state index contributed by atoms with van der Waals surface area (Å²) in [7, 11) is 2.86. The standard InChI is InChI=1S/C24H20ClNO7/c1-31-14-6-7-17(25)16(11-14)22(28)20-21(13-5-8-19(32-2)18(27)10-13)26(24(30)23(20)29)12-15-4-3-9-33-15/h3-11,21,27-28H,12H2,1-2H3/b22-20+. The number of methoxy groups -OCH3 is 2. The van der Waals surface area contributed by atoms with Crippen LogP contribution in [0.4, 0.5) is 0 Å². The zero-order valence-electron chi connectivity index (χ0n) is 17.7. The van der Waals surface area contributed by atoms with E-state index in [0.29, 0.717) is 17.1 Å². The number of nitrogens with zero attached hydrogens (tertiary/aromatic N) is 1. The number of aromatic hydroxyl groups is 1. The third-order valence-corrected chi connectivity index (χ3v) is 5.72. The van der Waals surface area contributed by atoms with E-state index in [9.17, 15) is 19.8 Å². The number of aliphatic hydroxyl groups is 1. The lowest BCUT2D eigenvalue weighted by Gasteiger charge is -2.25. The maximum Gasteiger partial charge on any atom is 0.296 e. The monoisotopic (exact) mass is 469 g/mol. The first-order chi connectivity index (χ1) is 15.8. The summed E-state index contributed by atoms with van der Waals surface area (Å²) in [5.74, 6) is -1.29. The lowest BCUT2D eigenvalue weighted by atomic mass is 9.95. The van der Waals surface area contributed by atoms with Crippen molar-refractivity contribution in [2.75, 3.05) is 14.2 Å². The van der Waals surface area contributed by atoms with E-state index in [1.807, 2.05) is 0 Å². The number of carbonyl (C=O) groups is 2. The maximum atomic E-state index is 13.1. The van der Waals surface area contributed by atoms with Crippen molar-refractivity contribution in [1.29, 1.82) is 0 Å². The van der Waals surface area contributed by atoms with Gasteiger partial charge in [0.25, 0.3) is 11.7 Å². The highest BCUT2D eigenvalue weighted by Gasteiger charge is 2.46. The number of furan rings is 1. The van der Waals surface area contributed by atoms with Gasteiger partial charge >= 0.3 is 0 Å². The third kappa shape index (κ3) is 4.01. The first kappa shape index (κ1) is 22.3. The Hall–Kier alpha value is -3.91. The first-order valence-electron chi connectivity index (χ1n) is 9.87. The predicted molar refractivity (Wildman–Crippen MR) is 119 cm³/mol. The van der Waals surface area contributed by atoms with Crippen LogP contribution in [0.1, 0.15) is 22.9 Å². The fraction of sp³-hybridized carbons (Fsp3) is 0.167. The molecule has 2 aromatic carbocycles. The Labute approximate surface area is 194 Å². The summed E-state index contributed by atoms with van der Waals surface area (Å²) in [6, 6.07) is 11.4. The summed E-state index contributed by atoms with van der Waals surface area (Å²) < 4.78 is 15.7. The van der Waals surface area contributed by atoms with E-state index < -0.39 is 23.5 Å². The molecular formula is C24H20ClNO7. The van der Waals surface area contributed by atoms with E-state index in [1.165, 1.54) is 49.6 Å². The van der Waals surface area contributed by atoms with Crippen LogP contribution in [0.3, 0.4) is 0 Å². The minimum Gasteiger partial charge on any atom is -0.507 e. The summed E-state index contributed by atoms with van der Waals surface area (Å²) in [4.78, 5) is 27.4. The number of phenols is 1. The van der Waals surface area contributed by atoms with Crippen LogP contribution >= 0.6 is 11.6 Å². The molecule has 1 aliphatic heterocycles. The van der Waals surface area contributed by atoms with Crippen LogP contribution in [0.15, 0.2) is 64.8 Å². The smallest absolute Gasteiger partial charge is 0.296 e. The van der Waals surface area contributed by atoms with E-state index in [-0.39, 0.29) is 34.2 Å². The van der Waals surface area contributed by atoms with Crippen molar-refractivity contribution in [1.82, 2.24) is 4.90 Å². The average Bonchev–Trinajstić information content (AvgIpc) is 3.41. The number of benzene rings is 2. The summed E-state index contributed by atoms with van der Waals surface area (Å²) in [5.41, 5.74) is 0.348. The first-order valence-corrected chi connectivity index (χ1v) is 10.2. The van der Waals surface area contributed by atoms with Crippen molar-refractivity contribution >= 4 is 29.1 Å². The fourth-order valence-corrected chi connectivity index (χ4v) is 4.00. The Morgan fingerprint density at radius 2 is 1.91 bits per heavy atom. The largest absolute Gasteiger partial charge is 0.507 e. The van der Waals surface area contributed by atoms with Crippen LogP contribution < -0.4 is 9.47 Å². The molecule has 2 heterocycles. The topological polar surface area (TPSA) is 109 Å². The Morgan fingerprint density at radius 3 is 2.55 bits per heavy atom. The number of carbonyl (C=O) groups excluding carboxylic acids is 2. The lowest BCUT2D eigenvalue weighted by Crippen LogP contribution is -2.29. The second kappa shape index (κ2) is 8.91. The number of aliphatic hydroxyl groups excluding tert-OH is 1. The molecule has 4 rings (SSSR count). The van der Waals surface area contributed by atoms with Crippen LogP contribution in [-0.2, 0) is 16.1 Å². The maximum absolute atomic E-state index is 13.1. The molecule has 0 bridgehead atoms. The van der Waals surface area contributed by atoms with Crippen LogP contribution in [0.5, 0.6) is 17.2 Å². The number of Topliss-reactive ketones (excluding diaryl/α,β-unsaturated/α-hetero) is 1. The van der Waals surface area contributed by atoms with Gasteiger partial charge in [-0.25, -0.2) is 0 Å². The molecule has 1 atom stereocenters. The van der Waals surface area contributed by atoms with Crippen LogP contribution in [0, 0.1) is 0 Å². The van der Waals surface area contributed by atoms with E-state index >= 15 is 0 Å². The molecule has 8 nitrogen and oxygen atoms in total. The van der Waals surface area contributed by atoms with E-state index in [4.69, 9.17) is 25.5 Å². The molecule has 2 N–H and O–H groups in total. The minimum absolute atomic E-state index is 0.0301. The van der Waals surface area contributed by atoms with Gasteiger partial charge in [0.2, 0.25) is 0 Å². The van der Waals surface area contributed by atoms with Crippen LogP contribution in [0.25, 0.3) is 5.76 Å². The van der Waals surface area contributed by atoms with Gasteiger partial charge in [0.05, 0.1) is 43.7 Å². The van der Waals surface area contributed by atoms with Gasteiger partial charge in [-0.1, -0.05) is 17.7 Å². The molecule has 33 heavy (non-hydrogen) atoms. The Bertz CT molecular complexity index is 1250. The molecule has 3 aromatic rings. The van der Waals surface area contributed by atoms with Gasteiger partial charge < -0.3 is 29.0 Å². The second-order valence-corrected chi connectivity index (χ2v) is 7.69. The summed E-state index contributed by atoms with van der Waals surface area (Å²) in [5, 5.41) is 21.7. The van der Waals surface area contributed by atoms with Gasteiger partial charge in [0, 0.05) is 5.56 Å². The predicted octanol–water partition coefficient (Wildman–Crippen LogP) is 4.28. The van der Waals surface area contributed by atoms with Crippen LogP contribution in [0.2, 0.25) is 5.02 Å². The number of hydrogen-bond acceptors (Lipinski definition) is 7. The van der Waals surface area contributed by atoms with Crippen LogP contribution in [-0.4, -0.2) is 41.0 Å². The van der Waals surface area contributed by atoms with Gasteiger partial charge in [0.1, 0.15) is 17.3 Å². The summed E-state index contributed by atoms with van der Waals surface area (Å²) >= 11 is 6.29. The number of rotatable bonds is 6. The minimum atomic E-state index is -1.02. The molecular weight excluding hydrogens is 450 g/mol. The van der Waals surface area contributed by atoms with Crippen molar-refractivity contribution < 1.29 is 33.7 Å². The molecule has 0 saturated carbocycles. The zero-order valence-corrected chi connectivity index (χ0v) is 18.5. The molecule has 170 valence electrons. The highest BCUT2D eigenvalue weighted by molar-refractivity contribution is 6.47. The lowest BCUT2D eigenvalue weighted by molar-refractivity contribution is -0.140. The molecule has 0 radical (unpaired) electrons. The Morgan fingerprint density at radius 1 is 1.12 bits per heavy atom. The molecule has 1 saturated heterocycles. The van der Waals surface area contributed by atoms with Gasteiger partial charge in [-0.05, 0) is 48.0 Å². The fourth-order valence-electron chi connectivity index (χ4n) is 3.80. The normalized spacial score (nSPS) is 17.4. The molecule has 1 aromatic heterocycles. The zero-order chi connectivity index (χ0) is 23.7. The Kier molecular flexibility index (Phi) is 6.02. The number of ether oxygens (including phenoxy) is 2.